The molecule has 11 nitrogen and oxygen atoms in total. The summed E-state index contributed by atoms with van der Waals surface area (Å²) in [5.41, 5.74) is -0.895. The maximum absolute atomic E-state index is 12.5. The summed E-state index contributed by atoms with van der Waals surface area (Å²) in [6.45, 7) is 1.10. The fourth-order valence-corrected chi connectivity index (χ4v) is 3.36. The highest BCUT2D eigenvalue weighted by atomic mass is 16.6. The molecule has 0 bridgehead atoms. The summed E-state index contributed by atoms with van der Waals surface area (Å²) in [5, 5.41) is 23.1. The van der Waals surface area contributed by atoms with Crippen molar-refractivity contribution in [3.63, 3.8) is 0 Å². The SMILES string of the molecule is C[C@@]1(N2C(=O)CNC2=O)C[C@@H](O)CN1C(=O)OCc1ccc([N+](=O)[O-])cc1. The highest BCUT2D eigenvalue weighted by molar-refractivity contribution is 6.03. The fraction of sp³-hybridized carbons (Fsp3) is 0.438. The van der Waals surface area contributed by atoms with Crippen LogP contribution in [0.5, 0.6) is 0 Å². The van der Waals surface area contributed by atoms with E-state index in [2.05, 4.69) is 5.32 Å². The molecule has 1 aromatic rings. The number of benzene rings is 1. The Hall–Kier alpha value is -3.21. The third-order valence-corrected chi connectivity index (χ3v) is 4.65. The average Bonchev–Trinajstić information content (AvgIpc) is 3.12. The van der Waals surface area contributed by atoms with Crippen molar-refractivity contribution >= 4 is 23.7 Å². The van der Waals surface area contributed by atoms with E-state index in [0.29, 0.717) is 5.56 Å². The zero-order chi connectivity index (χ0) is 19.8. The molecule has 0 aliphatic carbocycles. The number of non-ortho nitro benzene ring substituents is 1. The minimum absolute atomic E-state index is 0.0127. The van der Waals surface area contributed by atoms with Gasteiger partial charge in [-0.25, -0.2) is 14.5 Å². The van der Waals surface area contributed by atoms with Crippen molar-refractivity contribution in [3.8, 4) is 0 Å². The lowest BCUT2D eigenvalue weighted by molar-refractivity contribution is -0.384. The maximum Gasteiger partial charge on any atom is 0.412 e. The van der Waals surface area contributed by atoms with Gasteiger partial charge in [-0.05, 0) is 24.6 Å². The summed E-state index contributed by atoms with van der Waals surface area (Å²) < 4.78 is 5.22. The van der Waals surface area contributed by atoms with E-state index in [9.17, 15) is 29.6 Å². The van der Waals surface area contributed by atoms with E-state index in [4.69, 9.17) is 4.74 Å². The zero-order valence-corrected chi connectivity index (χ0v) is 14.5. The van der Waals surface area contributed by atoms with Gasteiger partial charge in [0.25, 0.3) is 11.6 Å². The number of nitrogens with one attached hydrogen (secondary N) is 1. The Morgan fingerprint density at radius 3 is 2.63 bits per heavy atom. The largest absolute Gasteiger partial charge is 0.444 e. The molecular formula is C16H18N4O7. The number of aliphatic hydroxyl groups is 1. The lowest BCUT2D eigenvalue weighted by Crippen LogP contribution is -2.59. The monoisotopic (exact) mass is 378 g/mol. The first-order chi connectivity index (χ1) is 12.7. The summed E-state index contributed by atoms with van der Waals surface area (Å²) >= 11 is 0. The maximum atomic E-state index is 12.5. The standard InChI is InChI=1S/C16H18N4O7/c1-16(19-13(22)7-17-14(19)23)6-12(21)8-18(16)15(24)27-9-10-2-4-11(5-3-10)20(25)26/h2-5,12,21H,6-9H2,1H3,(H,17,23)/t12-,16-/m1/s1. The van der Waals surface area contributed by atoms with Gasteiger partial charge in [-0.1, -0.05) is 0 Å². The van der Waals surface area contributed by atoms with Gasteiger partial charge in [0.1, 0.15) is 12.3 Å². The Morgan fingerprint density at radius 2 is 2.07 bits per heavy atom. The van der Waals surface area contributed by atoms with Crippen LogP contribution in [0.25, 0.3) is 0 Å². The van der Waals surface area contributed by atoms with E-state index in [1.165, 1.54) is 31.2 Å². The highest BCUT2D eigenvalue weighted by Gasteiger charge is 2.54. The Labute approximate surface area is 153 Å². The van der Waals surface area contributed by atoms with Crippen molar-refractivity contribution in [1.82, 2.24) is 15.1 Å². The highest BCUT2D eigenvalue weighted by Crippen LogP contribution is 2.34. The van der Waals surface area contributed by atoms with Gasteiger partial charge in [0.2, 0.25) is 0 Å². The van der Waals surface area contributed by atoms with E-state index < -0.39 is 34.7 Å². The number of aliphatic hydroxyl groups excluding tert-OH is 1. The van der Waals surface area contributed by atoms with Crippen LogP contribution in [0.2, 0.25) is 0 Å². The van der Waals surface area contributed by atoms with E-state index in [1.807, 2.05) is 0 Å². The molecule has 27 heavy (non-hydrogen) atoms. The van der Waals surface area contributed by atoms with Gasteiger partial charge in [0.15, 0.2) is 0 Å². The second kappa shape index (κ2) is 6.83. The van der Waals surface area contributed by atoms with Gasteiger partial charge in [0.05, 0.1) is 24.1 Å². The number of carbonyl (C=O) groups excluding carboxylic acids is 3. The van der Waals surface area contributed by atoms with Crippen molar-refractivity contribution in [1.29, 1.82) is 0 Å². The first-order valence-corrected chi connectivity index (χ1v) is 8.19. The van der Waals surface area contributed by atoms with Crippen LogP contribution >= 0.6 is 0 Å². The predicted octanol–water partition coefficient (Wildman–Crippen LogP) is 0.566. The molecule has 4 amide bonds. The number of carbonyl (C=O) groups is 3. The lowest BCUT2D eigenvalue weighted by atomic mass is 10.1. The second-order valence-electron chi connectivity index (χ2n) is 6.55. The van der Waals surface area contributed by atoms with Crippen molar-refractivity contribution in [2.75, 3.05) is 13.1 Å². The van der Waals surface area contributed by atoms with Crippen LogP contribution in [0.3, 0.4) is 0 Å². The molecule has 2 aliphatic rings. The van der Waals surface area contributed by atoms with Crippen LogP contribution in [0.15, 0.2) is 24.3 Å². The molecule has 144 valence electrons. The second-order valence-corrected chi connectivity index (χ2v) is 6.55. The van der Waals surface area contributed by atoms with Crippen LogP contribution in [-0.2, 0) is 16.1 Å². The number of amides is 4. The number of hydrogen-bond donors (Lipinski definition) is 2. The molecule has 2 N–H and O–H groups in total. The van der Waals surface area contributed by atoms with Gasteiger partial charge in [-0.3, -0.25) is 19.8 Å². The number of likely N-dealkylation sites (tertiary alicyclic amines) is 1. The summed E-state index contributed by atoms with van der Waals surface area (Å²) in [6.07, 6.45) is -1.71. The van der Waals surface area contributed by atoms with Crippen molar-refractivity contribution in [2.24, 2.45) is 0 Å². The molecular weight excluding hydrogens is 360 g/mol. The molecule has 0 saturated carbocycles. The van der Waals surface area contributed by atoms with Crippen LogP contribution < -0.4 is 5.32 Å². The summed E-state index contributed by atoms with van der Waals surface area (Å²) in [4.78, 5) is 48.8. The molecule has 2 fully saturated rings. The topological polar surface area (TPSA) is 142 Å². The van der Waals surface area contributed by atoms with Gasteiger partial charge >= 0.3 is 12.1 Å². The minimum atomic E-state index is -1.34. The van der Waals surface area contributed by atoms with Gasteiger partial charge in [-0.2, -0.15) is 0 Å². The number of nitro benzene ring substituents is 1. The molecule has 0 spiro atoms. The Balaban J connectivity index is 1.71. The van der Waals surface area contributed by atoms with Crippen molar-refractivity contribution < 1.29 is 29.2 Å². The number of nitrogens with zero attached hydrogens (tertiary/aromatic N) is 3. The van der Waals surface area contributed by atoms with E-state index in [0.717, 1.165) is 9.80 Å². The summed E-state index contributed by atoms with van der Waals surface area (Å²) in [5.74, 6) is -0.496. The number of hydrogen-bond acceptors (Lipinski definition) is 7. The van der Waals surface area contributed by atoms with E-state index in [-0.39, 0.29) is 31.8 Å². The normalized spacial score (nSPS) is 24.9. The number of imide groups is 1. The molecule has 2 aliphatic heterocycles. The number of ether oxygens (including phenoxy) is 1. The predicted molar refractivity (Wildman–Crippen MR) is 89.3 cm³/mol. The number of rotatable bonds is 4. The fourth-order valence-electron chi connectivity index (χ4n) is 3.36. The Bertz CT molecular complexity index is 780. The molecule has 1 aromatic carbocycles. The van der Waals surface area contributed by atoms with Crippen LogP contribution in [-0.4, -0.2) is 62.7 Å². The van der Waals surface area contributed by atoms with E-state index in [1.54, 1.807) is 0 Å². The molecule has 0 radical (unpaired) electrons. The molecule has 0 unspecified atom stereocenters. The van der Waals surface area contributed by atoms with Crippen molar-refractivity contribution in [3.05, 3.63) is 39.9 Å². The zero-order valence-electron chi connectivity index (χ0n) is 14.5. The summed E-state index contributed by atoms with van der Waals surface area (Å²) in [7, 11) is 0. The Kier molecular flexibility index (Phi) is 4.70. The quantitative estimate of drug-likeness (QED) is 0.443. The number of nitro groups is 1. The third-order valence-electron chi connectivity index (χ3n) is 4.65. The third kappa shape index (κ3) is 3.40. The first-order valence-electron chi connectivity index (χ1n) is 8.19. The molecule has 2 saturated heterocycles. The van der Waals surface area contributed by atoms with Gasteiger partial charge in [-0.15, -0.1) is 0 Å². The molecule has 11 heteroatoms. The van der Waals surface area contributed by atoms with E-state index >= 15 is 0 Å². The minimum Gasteiger partial charge on any atom is -0.444 e. The lowest BCUT2D eigenvalue weighted by Gasteiger charge is -2.39. The van der Waals surface area contributed by atoms with Crippen LogP contribution in [0.1, 0.15) is 18.9 Å². The van der Waals surface area contributed by atoms with Crippen LogP contribution in [0.4, 0.5) is 15.3 Å². The number of β-amino-alcohol motifs (C(OH)–C–C–N with tert-alkyl or cyclic N) is 1. The Morgan fingerprint density at radius 1 is 1.41 bits per heavy atom. The molecule has 2 heterocycles. The molecule has 2 atom stereocenters. The average molecular weight is 378 g/mol. The van der Waals surface area contributed by atoms with Gasteiger partial charge < -0.3 is 15.2 Å². The molecule has 3 rings (SSSR count). The smallest absolute Gasteiger partial charge is 0.412 e. The van der Waals surface area contributed by atoms with Crippen LogP contribution in [0, 0.1) is 10.1 Å². The summed E-state index contributed by atoms with van der Waals surface area (Å²) in [6, 6.07) is 4.87. The number of urea groups is 1. The molecule has 0 aromatic heterocycles. The first kappa shape index (κ1) is 18.6. The van der Waals surface area contributed by atoms with Crippen molar-refractivity contribution in [2.45, 2.75) is 31.7 Å². The van der Waals surface area contributed by atoms with Gasteiger partial charge in [0, 0.05) is 18.6 Å².